The summed E-state index contributed by atoms with van der Waals surface area (Å²) in [5, 5.41) is 0. The van der Waals surface area contributed by atoms with E-state index in [4.69, 9.17) is 16.3 Å². The molecule has 0 N–H and O–H groups in total. The van der Waals surface area contributed by atoms with Crippen LogP contribution in [0.2, 0.25) is 0 Å². The summed E-state index contributed by atoms with van der Waals surface area (Å²) in [5.74, 6) is 0.921. The Morgan fingerprint density at radius 2 is 2.19 bits per heavy atom. The number of nitrogens with zero attached hydrogens (tertiary/aromatic N) is 2. The molecule has 3 nitrogen and oxygen atoms in total. The quantitative estimate of drug-likeness (QED) is 0.766. The molecule has 2 heterocycles. The maximum atomic E-state index is 5.87. The lowest BCUT2D eigenvalue weighted by molar-refractivity contribution is 0.397. The molecule has 0 aliphatic heterocycles. The third kappa shape index (κ3) is 2.14. The largest absolute Gasteiger partial charge is 0.481 e. The van der Waals surface area contributed by atoms with E-state index in [1.165, 1.54) is 0 Å². The average Bonchev–Trinajstić information content (AvgIpc) is 2.39. The summed E-state index contributed by atoms with van der Waals surface area (Å²) < 4.78 is 5.06. The van der Waals surface area contributed by atoms with E-state index in [2.05, 4.69) is 9.97 Å². The minimum Gasteiger partial charge on any atom is -0.481 e. The van der Waals surface area contributed by atoms with Gasteiger partial charge in [0, 0.05) is 29.6 Å². The van der Waals surface area contributed by atoms with Crippen LogP contribution in [-0.4, -0.2) is 17.1 Å². The Hall–Kier alpha value is -1.61. The van der Waals surface area contributed by atoms with Gasteiger partial charge in [0.15, 0.2) is 0 Å². The van der Waals surface area contributed by atoms with Crippen molar-refractivity contribution in [2.45, 2.75) is 5.88 Å². The van der Waals surface area contributed by atoms with E-state index < -0.39 is 0 Å². The van der Waals surface area contributed by atoms with Gasteiger partial charge < -0.3 is 4.74 Å². The lowest BCUT2D eigenvalue weighted by atomic mass is 10.1. The first-order valence-electron chi connectivity index (χ1n) is 4.85. The van der Waals surface area contributed by atoms with E-state index in [0.29, 0.717) is 11.8 Å². The van der Waals surface area contributed by atoms with Gasteiger partial charge in [-0.25, -0.2) is 4.98 Å². The number of pyridine rings is 2. The Morgan fingerprint density at radius 3 is 2.81 bits per heavy atom. The minimum atomic E-state index is 0.349. The van der Waals surface area contributed by atoms with Gasteiger partial charge in [0.25, 0.3) is 0 Å². The predicted molar refractivity (Wildman–Crippen MR) is 63.6 cm³/mol. The maximum Gasteiger partial charge on any atom is 0.213 e. The molecule has 0 bridgehead atoms. The second-order valence-corrected chi connectivity index (χ2v) is 3.49. The van der Waals surface area contributed by atoms with Crippen LogP contribution < -0.4 is 4.74 Å². The zero-order chi connectivity index (χ0) is 11.4. The highest BCUT2D eigenvalue weighted by Gasteiger charge is 2.07. The molecular formula is C12H11ClN2O. The number of ether oxygens (including phenoxy) is 1. The van der Waals surface area contributed by atoms with E-state index in [0.717, 1.165) is 16.8 Å². The molecule has 2 rings (SSSR count). The van der Waals surface area contributed by atoms with Gasteiger partial charge >= 0.3 is 0 Å². The van der Waals surface area contributed by atoms with Crippen LogP contribution in [0.3, 0.4) is 0 Å². The van der Waals surface area contributed by atoms with Crippen LogP contribution >= 0.6 is 11.6 Å². The number of aromatic nitrogens is 2. The van der Waals surface area contributed by atoms with Crippen molar-refractivity contribution in [3.63, 3.8) is 0 Å². The van der Waals surface area contributed by atoms with Crippen LogP contribution in [0, 0.1) is 0 Å². The lowest BCUT2D eigenvalue weighted by Crippen LogP contribution is -1.95. The number of methoxy groups -OCH3 is 1. The normalized spacial score (nSPS) is 10.1. The molecule has 2 aromatic rings. The van der Waals surface area contributed by atoms with Gasteiger partial charge in [-0.15, -0.1) is 11.6 Å². The van der Waals surface area contributed by atoms with E-state index in [-0.39, 0.29) is 0 Å². The second-order valence-electron chi connectivity index (χ2n) is 3.22. The second kappa shape index (κ2) is 4.94. The summed E-state index contributed by atoms with van der Waals surface area (Å²) in [5.41, 5.74) is 2.80. The van der Waals surface area contributed by atoms with Crippen molar-refractivity contribution >= 4 is 11.6 Å². The van der Waals surface area contributed by atoms with Crippen molar-refractivity contribution in [3.8, 4) is 17.0 Å². The van der Waals surface area contributed by atoms with Crippen LogP contribution in [0.1, 0.15) is 5.69 Å². The van der Waals surface area contributed by atoms with E-state index in [1.54, 1.807) is 19.5 Å². The summed E-state index contributed by atoms with van der Waals surface area (Å²) in [6.45, 7) is 0. The van der Waals surface area contributed by atoms with Crippen LogP contribution in [0.15, 0.2) is 36.7 Å². The Balaban J connectivity index is 2.49. The molecule has 0 atom stereocenters. The molecule has 0 unspecified atom stereocenters. The Bertz CT molecular complexity index is 474. The minimum absolute atomic E-state index is 0.349. The van der Waals surface area contributed by atoms with Gasteiger partial charge in [-0.05, 0) is 12.1 Å². The standard InChI is InChI=1S/C12H11ClN2O/c1-16-12-5-4-10(11(7-13)15-12)9-3-2-6-14-8-9/h2-6,8H,7H2,1H3. The Kier molecular flexibility index (Phi) is 3.37. The molecule has 0 aromatic carbocycles. The third-order valence-electron chi connectivity index (χ3n) is 2.26. The van der Waals surface area contributed by atoms with Crippen molar-refractivity contribution in [3.05, 3.63) is 42.4 Å². The number of hydrogen-bond acceptors (Lipinski definition) is 3. The van der Waals surface area contributed by atoms with Gasteiger partial charge in [0.05, 0.1) is 18.7 Å². The van der Waals surface area contributed by atoms with Gasteiger partial charge in [0.2, 0.25) is 5.88 Å². The number of halogens is 1. The van der Waals surface area contributed by atoms with Crippen molar-refractivity contribution in [2.24, 2.45) is 0 Å². The summed E-state index contributed by atoms with van der Waals surface area (Å²) in [6, 6.07) is 7.63. The zero-order valence-corrected chi connectivity index (χ0v) is 9.61. The third-order valence-corrected chi connectivity index (χ3v) is 2.51. The molecule has 2 aromatic heterocycles. The van der Waals surface area contributed by atoms with Gasteiger partial charge in [-0.1, -0.05) is 6.07 Å². The number of rotatable bonds is 3. The fourth-order valence-corrected chi connectivity index (χ4v) is 1.69. The monoisotopic (exact) mass is 234 g/mol. The highest BCUT2D eigenvalue weighted by molar-refractivity contribution is 6.17. The fourth-order valence-electron chi connectivity index (χ4n) is 1.48. The van der Waals surface area contributed by atoms with Crippen molar-refractivity contribution in [1.82, 2.24) is 9.97 Å². The molecule has 82 valence electrons. The summed E-state index contributed by atoms with van der Waals surface area (Å²) in [7, 11) is 1.59. The van der Waals surface area contributed by atoms with Crippen LogP contribution in [-0.2, 0) is 5.88 Å². The molecule has 0 saturated heterocycles. The van der Waals surface area contributed by atoms with Crippen molar-refractivity contribution < 1.29 is 4.74 Å². The van der Waals surface area contributed by atoms with Gasteiger partial charge in [0.1, 0.15) is 0 Å². The highest BCUT2D eigenvalue weighted by atomic mass is 35.5. The lowest BCUT2D eigenvalue weighted by Gasteiger charge is -2.07. The zero-order valence-electron chi connectivity index (χ0n) is 8.85. The van der Waals surface area contributed by atoms with Crippen molar-refractivity contribution in [1.29, 1.82) is 0 Å². The van der Waals surface area contributed by atoms with Crippen molar-refractivity contribution in [2.75, 3.05) is 7.11 Å². The van der Waals surface area contributed by atoms with E-state index >= 15 is 0 Å². The highest BCUT2D eigenvalue weighted by Crippen LogP contribution is 2.25. The molecule has 0 radical (unpaired) electrons. The molecule has 0 spiro atoms. The molecule has 0 amide bonds. The molecule has 0 fully saturated rings. The first-order chi connectivity index (χ1) is 7.85. The molecule has 0 saturated carbocycles. The van der Waals surface area contributed by atoms with Crippen LogP contribution in [0.4, 0.5) is 0 Å². The summed E-state index contributed by atoms with van der Waals surface area (Å²) >= 11 is 5.87. The smallest absolute Gasteiger partial charge is 0.213 e. The summed E-state index contributed by atoms with van der Waals surface area (Å²) in [6.07, 6.45) is 3.53. The molecule has 16 heavy (non-hydrogen) atoms. The van der Waals surface area contributed by atoms with E-state index in [1.807, 2.05) is 24.3 Å². The van der Waals surface area contributed by atoms with Gasteiger partial charge in [-0.3, -0.25) is 4.98 Å². The molecule has 0 aliphatic carbocycles. The SMILES string of the molecule is COc1ccc(-c2cccnc2)c(CCl)n1. The Labute approximate surface area is 99.1 Å². The molecule has 4 heteroatoms. The first kappa shape index (κ1) is 10.9. The first-order valence-corrected chi connectivity index (χ1v) is 5.39. The average molecular weight is 235 g/mol. The molecular weight excluding hydrogens is 224 g/mol. The predicted octanol–water partition coefficient (Wildman–Crippen LogP) is 2.89. The van der Waals surface area contributed by atoms with Crippen LogP contribution in [0.5, 0.6) is 5.88 Å². The topological polar surface area (TPSA) is 35.0 Å². The van der Waals surface area contributed by atoms with Crippen LogP contribution in [0.25, 0.3) is 11.1 Å². The fraction of sp³-hybridized carbons (Fsp3) is 0.167. The number of alkyl halides is 1. The maximum absolute atomic E-state index is 5.87. The number of hydrogen-bond donors (Lipinski definition) is 0. The van der Waals surface area contributed by atoms with Gasteiger partial charge in [-0.2, -0.15) is 0 Å². The van der Waals surface area contributed by atoms with E-state index in [9.17, 15) is 0 Å². The molecule has 0 aliphatic rings. The summed E-state index contributed by atoms with van der Waals surface area (Å²) in [4.78, 5) is 8.38. The Morgan fingerprint density at radius 1 is 1.31 bits per heavy atom.